The molecule has 16 heteroatoms. The Labute approximate surface area is 343 Å². The van der Waals surface area contributed by atoms with Gasteiger partial charge in [0.1, 0.15) is 23.7 Å². The van der Waals surface area contributed by atoms with E-state index in [1.807, 2.05) is 49.6 Å². The van der Waals surface area contributed by atoms with Crippen molar-refractivity contribution < 1.29 is 28.7 Å². The summed E-state index contributed by atoms with van der Waals surface area (Å²) in [5.74, 6) is 1.02. The largest absolute Gasteiger partial charge is 0.453 e. The van der Waals surface area contributed by atoms with E-state index in [2.05, 4.69) is 57.0 Å². The average Bonchev–Trinajstić information content (AvgIpc) is 4.06. The second-order valence-corrected chi connectivity index (χ2v) is 17.9. The summed E-state index contributed by atoms with van der Waals surface area (Å²) in [7, 11) is 2.59. The van der Waals surface area contributed by atoms with E-state index in [0.717, 1.165) is 80.3 Å². The topological polar surface area (TPSA) is 175 Å². The molecule has 58 heavy (non-hydrogen) atoms. The van der Waals surface area contributed by atoms with Crippen molar-refractivity contribution in [2.75, 3.05) is 27.3 Å². The van der Waals surface area contributed by atoms with Crippen LogP contribution in [0.15, 0.2) is 48.5 Å². The number of thiophene rings is 2. The lowest BCUT2D eigenvalue weighted by molar-refractivity contribution is -0.136. The third-order valence-corrected chi connectivity index (χ3v) is 13.7. The van der Waals surface area contributed by atoms with Gasteiger partial charge in [-0.2, -0.15) is 0 Å². The first-order chi connectivity index (χ1) is 27.9. The van der Waals surface area contributed by atoms with Gasteiger partial charge < -0.3 is 39.9 Å². The summed E-state index contributed by atoms with van der Waals surface area (Å²) in [4.78, 5) is 74.1. The molecular formula is C42H48N8O6S2. The molecule has 304 valence electrons. The van der Waals surface area contributed by atoms with Gasteiger partial charge in [-0.1, -0.05) is 39.8 Å². The van der Waals surface area contributed by atoms with Crippen LogP contribution in [-0.2, 0) is 19.1 Å². The van der Waals surface area contributed by atoms with Crippen LogP contribution in [0.25, 0.3) is 52.3 Å². The molecule has 4 aromatic heterocycles. The van der Waals surface area contributed by atoms with Gasteiger partial charge in [0.2, 0.25) is 11.8 Å². The van der Waals surface area contributed by atoms with Crippen LogP contribution in [0.3, 0.4) is 0 Å². The fourth-order valence-corrected chi connectivity index (χ4v) is 10.6. The minimum absolute atomic E-state index is 0.104. The number of nitrogens with one attached hydrogen (secondary N) is 4. The maximum absolute atomic E-state index is 13.6. The van der Waals surface area contributed by atoms with E-state index in [0.29, 0.717) is 13.1 Å². The molecule has 4 amide bonds. The lowest BCUT2D eigenvalue weighted by Gasteiger charge is -2.29. The number of hydrogen-bond acceptors (Lipinski definition) is 10. The predicted octanol–water partition coefficient (Wildman–Crippen LogP) is 8.14. The zero-order valence-corrected chi connectivity index (χ0v) is 35.0. The molecule has 0 aliphatic carbocycles. The van der Waals surface area contributed by atoms with Crippen LogP contribution in [0.2, 0.25) is 0 Å². The number of carbonyl (C=O) groups excluding carboxylic acids is 4. The molecule has 0 unspecified atom stereocenters. The van der Waals surface area contributed by atoms with Crippen molar-refractivity contribution >= 4 is 78.1 Å². The first-order valence-corrected chi connectivity index (χ1v) is 21.4. The maximum atomic E-state index is 13.6. The molecule has 14 nitrogen and oxygen atoms in total. The summed E-state index contributed by atoms with van der Waals surface area (Å²) in [6, 6.07) is 15.2. The summed E-state index contributed by atoms with van der Waals surface area (Å²) in [5, 5.41) is 5.43. The molecule has 6 aromatic rings. The smallest absolute Gasteiger partial charge is 0.407 e. The lowest BCUT2D eigenvalue weighted by Crippen LogP contribution is -2.51. The van der Waals surface area contributed by atoms with Crippen LogP contribution in [0.4, 0.5) is 9.59 Å². The van der Waals surface area contributed by atoms with E-state index in [4.69, 9.17) is 19.4 Å². The molecule has 2 aliphatic heterocycles. The number of rotatable bonds is 10. The monoisotopic (exact) mass is 824 g/mol. The van der Waals surface area contributed by atoms with Gasteiger partial charge >= 0.3 is 12.2 Å². The Hall–Kier alpha value is -5.48. The van der Waals surface area contributed by atoms with Gasteiger partial charge in [0.25, 0.3) is 0 Å². The number of amides is 4. The van der Waals surface area contributed by atoms with E-state index < -0.39 is 24.3 Å². The zero-order valence-electron chi connectivity index (χ0n) is 33.4. The summed E-state index contributed by atoms with van der Waals surface area (Å²) in [5.41, 5.74) is 5.66. The molecular weight excluding hydrogens is 777 g/mol. The first-order valence-electron chi connectivity index (χ1n) is 19.8. The highest BCUT2D eigenvalue weighted by atomic mass is 32.1. The van der Waals surface area contributed by atoms with Gasteiger partial charge in [-0.05, 0) is 85.0 Å². The summed E-state index contributed by atoms with van der Waals surface area (Å²) < 4.78 is 12.0. The highest BCUT2D eigenvalue weighted by Gasteiger charge is 2.39. The van der Waals surface area contributed by atoms with Crippen LogP contribution in [0.1, 0.15) is 77.1 Å². The number of imidazole rings is 2. The second kappa shape index (κ2) is 16.0. The van der Waals surface area contributed by atoms with E-state index >= 15 is 0 Å². The number of nitrogens with zero attached hydrogens (tertiary/aromatic N) is 4. The third kappa shape index (κ3) is 7.50. The van der Waals surface area contributed by atoms with Crippen LogP contribution >= 0.6 is 22.7 Å². The minimum Gasteiger partial charge on any atom is -0.453 e. The second-order valence-electron chi connectivity index (χ2n) is 15.8. The van der Waals surface area contributed by atoms with E-state index in [1.165, 1.54) is 23.6 Å². The molecule has 8 rings (SSSR count). The summed E-state index contributed by atoms with van der Waals surface area (Å²) >= 11 is 3.49. The van der Waals surface area contributed by atoms with Crippen molar-refractivity contribution in [1.29, 1.82) is 0 Å². The number of benzene rings is 2. The molecule has 4 atom stereocenters. The summed E-state index contributed by atoms with van der Waals surface area (Å²) in [6.07, 6.45) is 2.04. The molecule has 0 bridgehead atoms. The fourth-order valence-electron chi connectivity index (χ4n) is 8.18. The number of alkyl carbamates (subject to hydrolysis) is 2. The average molecular weight is 825 g/mol. The Bertz CT molecular complexity index is 2320. The number of carbonyl (C=O) groups is 4. The number of aromatic amines is 2. The Morgan fingerprint density at radius 1 is 0.672 bits per heavy atom. The molecule has 0 radical (unpaired) electrons. The number of methoxy groups -OCH3 is 2. The highest BCUT2D eigenvalue weighted by molar-refractivity contribution is 7.31. The van der Waals surface area contributed by atoms with Crippen LogP contribution in [0.5, 0.6) is 0 Å². The van der Waals surface area contributed by atoms with Crippen molar-refractivity contribution in [3.8, 4) is 20.9 Å². The Kier molecular flexibility index (Phi) is 10.9. The van der Waals surface area contributed by atoms with Crippen molar-refractivity contribution in [3.63, 3.8) is 0 Å². The van der Waals surface area contributed by atoms with Gasteiger partial charge in [-0.25, -0.2) is 19.6 Å². The number of aromatic nitrogens is 4. The van der Waals surface area contributed by atoms with Crippen LogP contribution in [-0.4, -0.2) is 93.1 Å². The molecule has 2 fully saturated rings. The van der Waals surface area contributed by atoms with E-state index in [1.54, 1.807) is 22.7 Å². The molecule has 2 aromatic carbocycles. The number of hydrogen-bond donors (Lipinski definition) is 4. The Morgan fingerprint density at radius 2 is 1.16 bits per heavy atom. The molecule has 0 saturated carbocycles. The van der Waals surface area contributed by atoms with Crippen LogP contribution in [0, 0.1) is 11.8 Å². The van der Waals surface area contributed by atoms with Gasteiger partial charge in [-0.3, -0.25) is 9.59 Å². The van der Waals surface area contributed by atoms with E-state index in [-0.39, 0.29) is 35.7 Å². The normalized spacial score (nSPS) is 18.1. The van der Waals surface area contributed by atoms with Crippen molar-refractivity contribution in [1.82, 2.24) is 40.4 Å². The minimum atomic E-state index is -0.687. The van der Waals surface area contributed by atoms with E-state index in [9.17, 15) is 19.2 Å². The number of ether oxygens (including phenoxy) is 2. The molecule has 0 spiro atoms. The number of H-pyrrole nitrogens is 2. The molecule has 4 N–H and O–H groups in total. The van der Waals surface area contributed by atoms with Gasteiger partial charge in [-0.15, -0.1) is 22.7 Å². The Morgan fingerprint density at radius 3 is 1.67 bits per heavy atom. The Balaban J connectivity index is 0.987. The molecule has 2 aliphatic rings. The molecule has 2 saturated heterocycles. The summed E-state index contributed by atoms with van der Waals surface area (Å²) in [6.45, 7) is 8.83. The number of likely N-dealkylation sites (tertiary alicyclic amines) is 2. The first kappa shape index (κ1) is 39.4. The molecule has 6 heterocycles. The fraction of sp³-hybridized carbons (Fsp3) is 0.429. The lowest BCUT2D eigenvalue weighted by atomic mass is 10.0. The standard InChI is InChI=1S/C42H48N8O6S2/c1-21(2)35(47-41(53)55-5)39(51)49-15-7-9-29(49)37-43-25-13-11-23(17-27(25)45-37)31-19-33-34(57-31)20-32(58-33)24-12-14-26-28(18-24)46-38(44-26)30-10-8-16-50(30)40(52)36(22(3)4)48-42(54)56-6/h11-14,17-22,29-30,35-36H,7-10,15-16H2,1-6H3,(H,43,45)(H,44,46)(H,47,53)(H,48,54)/t29-,30-,35-,36-/m0/s1. The van der Waals surface area contributed by atoms with Crippen LogP contribution < -0.4 is 10.6 Å². The highest BCUT2D eigenvalue weighted by Crippen LogP contribution is 2.43. The number of fused-ring (bicyclic) bond motifs is 3. The maximum Gasteiger partial charge on any atom is 0.407 e. The predicted molar refractivity (Wildman–Crippen MR) is 226 cm³/mol. The SMILES string of the molecule is COC(=O)N[C@H](C(=O)N1CCC[C@H]1c1nc2cc(-c3cc4sc(-c5ccc6nc([C@@H]7CCCN7C(=O)[C@@H](NC(=O)OC)C(C)C)[nH]c6c5)cc4s3)ccc2[nH]1)C(C)C. The van der Waals surface area contributed by atoms with Gasteiger partial charge in [0.05, 0.1) is 48.4 Å². The van der Waals surface area contributed by atoms with Crippen molar-refractivity contribution in [2.24, 2.45) is 11.8 Å². The quantitative estimate of drug-likeness (QED) is 0.107. The van der Waals surface area contributed by atoms with Gasteiger partial charge in [0.15, 0.2) is 0 Å². The zero-order chi connectivity index (χ0) is 40.8. The van der Waals surface area contributed by atoms with Gasteiger partial charge in [0, 0.05) is 32.2 Å². The van der Waals surface area contributed by atoms with Crippen molar-refractivity contribution in [3.05, 3.63) is 60.2 Å². The van der Waals surface area contributed by atoms with Crippen molar-refractivity contribution in [2.45, 2.75) is 77.5 Å². The third-order valence-electron chi connectivity index (χ3n) is 11.3.